The Morgan fingerprint density at radius 2 is 2.00 bits per heavy atom. The van der Waals surface area contributed by atoms with Crippen molar-refractivity contribution in [2.24, 2.45) is 5.73 Å². The number of benzene rings is 1. The van der Waals surface area contributed by atoms with Crippen molar-refractivity contribution in [3.8, 4) is 5.75 Å². The Morgan fingerprint density at radius 1 is 1.40 bits per heavy atom. The van der Waals surface area contributed by atoms with Gasteiger partial charge >= 0.3 is 0 Å². The zero-order valence-electron chi connectivity index (χ0n) is 9.91. The Bertz CT molecular complexity index is 345. The molecule has 3 heteroatoms. The van der Waals surface area contributed by atoms with Crippen molar-refractivity contribution in [2.45, 2.75) is 25.9 Å². The van der Waals surface area contributed by atoms with Gasteiger partial charge in [-0.25, -0.2) is 0 Å². The highest BCUT2D eigenvalue weighted by atomic mass is 16.3. The van der Waals surface area contributed by atoms with E-state index in [1.165, 1.54) is 0 Å². The van der Waals surface area contributed by atoms with Crippen LogP contribution in [-0.4, -0.2) is 29.8 Å². The van der Waals surface area contributed by atoms with Crippen molar-refractivity contribution in [1.82, 2.24) is 4.90 Å². The van der Waals surface area contributed by atoms with Crippen molar-refractivity contribution < 1.29 is 5.11 Å². The normalized spacial score (nSPS) is 15.3. The van der Waals surface area contributed by atoms with Gasteiger partial charge in [0.1, 0.15) is 5.75 Å². The number of nitrogens with two attached hydrogens (primary N) is 1. The molecule has 84 valence electrons. The summed E-state index contributed by atoms with van der Waals surface area (Å²) in [5.74, 6) is 0.319. The molecule has 0 aliphatic rings. The van der Waals surface area contributed by atoms with Crippen LogP contribution in [-0.2, 0) is 6.42 Å². The first-order valence-electron chi connectivity index (χ1n) is 5.08. The lowest BCUT2D eigenvalue weighted by Crippen LogP contribution is -2.51. The van der Waals surface area contributed by atoms with Crippen LogP contribution in [0.25, 0.3) is 0 Å². The lowest BCUT2D eigenvalue weighted by Gasteiger charge is -2.32. The summed E-state index contributed by atoms with van der Waals surface area (Å²) in [6.45, 7) is 3.96. The van der Waals surface area contributed by atoms with Gasteiger partial charge in [-0.05, 0) is 39.6 Å². The quantitative estimate of drug-likeness (QED) is 0.740. The Hall–Kier alpha value is -1.06. The Balaban J connectivity index is 2.94. The van der Waals surface area contributed by atoms with Crippen LogP contribution in [0.5, 0.6) is 5.75 Å². The van der Waals surface area contributed by atoms with Gasteiger partial charge in [0.2, 0.25) is 0 Å². The van der Waals surface area contributed by atoms with Gasteiger partial charge in [0.15, 0.2) is 0 Å². The molecule has 0 aliphatic carbocycles. The lowest BCUT2D eigenvalue weighted by molar-refractivity contribution is 0.179. The third-order valence-electron chi connectivity index (χ3n) is 2.80. The van der Waals surface area contributed by atoms with Crippen LogP contribution in [0.1, 0.15) is 18.1 Å². The van der Waals surface area contributed by atoms with E-state index in [1.807, 2.05) is 45.0 Å². The van der Waals surface area contributed by atoms with Crippen LogP contribution < -0.4 is 5.73 Å². The summed E-state index contributed by atoms with van der Waals surface area (Å²) >= 11 is 0. The second-order valence-corrected chi connectivity index (χ2v) is 4.56. The fraction of sp³-hybridized carbons (Fsp3) is 0.500. The van der Waals surface area contributed by atoms with E-state index >= 15 is 0 Å². The number of aryl methyl sites for hydroxylation is 1. The molecule has 1 unspecified atom stereocenters. The third-order valence-corrected chi connectivity index (χ3v) is 2.80. The first-order valence-corrected chi connectivity index (χ1v) is 5.08. The van der Waals surface area contributed by atoms with E-state index in [-0.39, 0.29) is 0 Å². The van der Waals surface area contributed by atoms with Crippen LogP contribution in [0.2, 0.25) is 0 Å². The van der Waals surface area contributed by atoms with E-state index in [0.29, 0.717) is 12.2 Å². The molecule has 0 aliphatic heterocycles. The van der Waals surface area contributed by atoms with Gasteiger partial charge in [-0.3, -0.25) is 4.90 Å². The van der Waals surface area contributed by atoms with Gasteiger partial charge in [-0.15, -0.1) is 0 Å². The molecule has 3 N–H and O–H groups in total. The van der Waals surface area contributed by atoms with Crippen molar-refractivity contribution in [3.05, 3.63) is 29.3 Å². The predicted octanol–water partition coefficient (Wildman–Crippen LogP) is 1.48. The molecule has 15 heavy (non-hydrogen) atoms. The molecule has 0 saturated heterocycles. The second kappa shape index (κ2) is 4.21. The molecule has 0 spiro atoms. The van der Waals surface area contributed by atoms with Crippen LogP contribution >= 0.6 is 0 Å². The Kier molecular flexibility index (Phi) is 3.37. The summed E-state index contributed by atoms with van der Waals surface area (Å²) in [7, 11) is 3.87. The van der Waals surface area contributed by atoms with Gasteiger partial charge in [-0.1, -0.05) is 17.7 Å². The van der Waals surface area contributed by atoms with Gasteiger partial charge in [0, 0.05) is 6.42 Å². The van der Waals surface area contributed by atoms with E-state index in [2.05, 4.69) is 0 Å². The lowest BCUT2D eigenvalue weighted by atomic mass is 9.99. The average molecular weight is 208 g/mol. The molecule has 0 heterocycles. The van der Waals surface area contributed by atoms with Crippen LogP contribution in [0.4, 0.5) is 0 Å². The number of likely N-dealkylation sites (N-methyl/N-ethyl adjacent to an activating group) is 1. The fourth-order valence-electron chi connectivity index (χ4n) is 1.40. The minimum absolute atomic E-state index is 0.319. The molecule has 1 rings (SSSR count). The molecule has 1 aromatic carbocycles. The van der Waals surface area contributed by atoms with E-state index in [4.69, 9.17) is 5.73 Å². The average Bonchev–Trinajstić information content (AvgIpc) is 2.10. The molecule has 3 nitrogen and oxygen atoms in total. The SMILES string of the molecule is Cc1ccc(O)c(CC(C)(N)N(C)C)c1. The molecular formula is C12H20N2O. The van der Waals surface area contributed by atoms with E-state index in [1.54, 1.807) is 6.07 Å². The highest BCUT2D eigenvalue weighted by molar-refractivity contribution is 5.36. The zero-order valence-corrected chi connectivity index (χ0v) is 9.91. The Labute approximate surface area is 91.5 Å². The summed E-state index contributed by atoms with van der Waals surface area (Å²) in [5, 5.41) is 9.71. The maximum atomic E-state index is 9.71. The van der Waals surface area contributed by atoms with Crippen molar-refractivity contribution in [1.29, 1.82) is 0 Å². The molecule has 1 aromatic rings. The molecule has 0 amide bonds. The number of hydrogen-bond acceptors (Lipinski definition) is 3. The maximum absolute atomic E-state index is 9.71. The number of aromatic hydroxyl groups is 1. The number of phenols is 1. The maximum Gasteiger partial charge on any atom is 0.118 e. The van der Waals surface area contributed by atoms with E-state index in [0.717, 1.165) is 11.1 Å². The van der Waals surface area contributed by atoms with Crippen molar-refractivity contribution in [3.63, 3.8) is 0 Å². The highest BCUT2D eigenvalue weighted by Gasteiger charge is 2.22. The topological polar surface area (TPSA) is 49.5 Å². The fourth-order valence-corrected chi connectivity index (χ4v) is 1.40. The van der Waals surface area contributed by atoms with Crippen molar-refractivity contribution in [2.75, 3.05) is 14.1 Å². The molecular weight excluding hydrogens is 188 g/mol. The van der Waals surface area contributed by atoms with Gasteiger partial charge < -0.3 is 10.8 Å². The predicted molar refractivity (Wildman–Crippen MR) is 62.8 cm³/mol. The summed E-state index contributed by atoms with van der Waals surface area (Å²) in [6, 6.07) is 5.59. The van der Waals surface area contributed by atoms with Crippen LogP contribution in [0.15, 0.2) is 18.2 Å². The van der Waals surface area contributed by atoms with Gasteiger partial charge in [-0.2, -0.15) is 0 Å². The number of rotatable bonds is 3. The molecule has 0 bridgehead atoms. The molecule has 0 fully saturated rings. The smallest absolute Gasteiger partial charge is 0.118 e. The standard InChI is InChI=1S/C12H20N2O/c1-9-5-6-11(15)10(7-9)8-12(2,13)14(3)4/h5-7,15H,8,13H2,1-4H3. The third kappa shape index (κ3) is 2.94. The summed E-state index contributed by atoms with van der Waals surface area (Å²) in [4.78, 5) is 1.95. The first kappa shape index (κ1) is 12.0. The monoisotopic (exact) mass is 208 g/mol. The van der Waals surface area contributed by atoms with E-state index < -0.39 is 5.66 Å². The molecule has 0 radical (unpaired) electrons. The second-order valence-electron chi connectivity index (χ2n) is 4.56. The van der Waals surface area contributed by atoms with Gasteiger partial charge in [0.25, 0.3) is 0 Å². The minimum Gasteiger partial charge on any atom is -0.508 e. The molecule has 0 aromatic heterocycles. The zero-order chi connectivity index (χ0) is 11.6. The Morgan fingerprint density at radius 3 is 2.53 bits per heavy atom. The number of nitrogens with zero attached hydrogens (tertiary/aromatic N) is 1. The van der Waals surface area contributed by atoms with Crippen LogP contribution in [0.3, 0.4) is 0 Å². The van der Waals surface area contributed by atoms with Crippen molar-refractivity contribution >= 4 is 0 Å². The van der Waals surface area contributed by atoms with Gasteiger partial charge in [0.05, 0.1) is 5.66 Å². The summed E-state index contributed by atoms with van der Waals surface area (Å²) in [6.07, 6.45) is 0.632. The molecule has 0 saturated carbocycles. The minimum atomic E-state index is -0.439. The summed E-state index contributed by atoms with van der Waals surface area (Å²) < 4.78 is 0. The first-order chi connectivity index (χ1) is 6.83. The highest BCUT2D eigenvalue weighted by Crippen LogP contribution is 2.23. The number of hydrogen-bond donors (Lipinski definition) is 2. The summed E-state index contributed by atoms with van der Waals surface area (Å²) in [5.41, 5.74) is 7.72. The largest absolute Gasteiger partial charge is 0.508 e. The molecule has 1 atom stereocenters. The van der Waals surface area contributed by atoms with E-state index in [9.17, 15) is 5.11 Å². The number of phenolic OH excluding ortho intramolecular Hbond substituents is 1. The van der Waals surface area contributed by atoms with Crippen LogP contribution in [0, 0.1) is 6.92 Å².